The maximum atomic E-state index is 10.2. The Morgan fingerprint density at radius 2 is 2.30 bits per heavy atom. The minimum atomic E-state index is -0.967. The second kappa shape index (κ2) is 2.46. The average molecular weight is 144 g/mol. The largest absolute Gasteiger partial charge is 0.465 e. The zero-order chi connectivity index (χ0) is 7.61. The molecule has 0 aromatic carbocycles. The summed E-state index contributed by atoms with van der Waals surface area (Å²) >= 11 is 0. The first-order valence-corrected chi connectivity index (χ1v) is 3.40. The Kier molecular flexibility index (Phi) is 1.80. The number of nitrogens with two attached hydrogens (primary N) is 1. The van der Waals surface area contributed by atoms with Crippen molar-refractivity contribution in [1.29, 1.82) is 0 Å². The van der Waals surface area contributed by atoms with Crippen LogP contribution in [-0.2, 0) is 0 Å². The Morgan fingerprint density at radius 1 is 1.70 bits per heavy atom. The monoisotopic (exact) mass is 144 g/mol. The van der Waals surface area contributed by atoms with Crippen LogP contribution in [0.1, 0.15) is 19.3 Å². The number of carbonyl (C=O) groups is 1. The molecule has 1 fully saturated rings. The molecule has 1 rings (SSSR count). The van der Waals surface area contributed by atoms with Gasteiger partial charge in [-0.15, -0.1) is 0 Å². The first-order chi connectivity index (χ1) is 4.68. The second-order valence-electron chi connectivity index (χ2n) is 2.77. The van der Waals surface area contributed by atoms with Crippen molar-refractivity contribution in [3.63, 3.8) is 0 Å². The van der Waals surface area contributed by atoms with E-state index in [4.69, 9.17) is 10.8 Å². The summed E-state index contributed by atoms with van der Waals surface area (Å²) in [6.45, 7) is 0.416. The van der Waals surface area contributed by atoms with Crippen LogP contribution >= 0.6 is 0 Å². The van der Waals surface area contributed by atoms with Crippen LogP contribution in [-0.4, -0.2) is 23.3 Å². The summed E-state index contributed by atoms with van der Waals surface area (Å²) in [5, 5.41) is 10.8. The molecule has 0 atom stereocenters. The smallest absolute Gasteiger partial charge is 0.405 e. The number of nitrogens with one attached hydrogen (secondary N) is 1. The third kappa shape index (κ3) is 1.21. The fourth-order valence-corrected chi connectivity index (χ4v) is 1.21. The molecule has 0 aliphatic heterocycles. The number of hydrogen-bond acceptors (Lipinski definition) is 2. The second-order valence-corrected chi connectivity index (χ2v) is 2.77. The van der Waals surface area contributed by atoms with Gasteiger partial charge in [-0.25, -0.2) is 4.79 Å². The van der Waals surface area contributed by atoms with Gasteiger partial charge < -0.3 is 16.2 Å². The SMILES string of the molecule is NCC1(NC(=O)O)CCC1. The fourth-order valence-electron chi connectivity index (χ4n) is 1.21. The van der Waals surface area contributed by atoms with E-state index in [-0.39, 0.29) is 5.54 Å². The van der Waals surface area contributed by atoms with E-state index in [9.17, 15) is 4.79 Å². The standard InChI is InChI=1S/C6H12N2O2/c7-4-6(2-1-3-6)8-5(9)10/h8H,1-4,7H2,(H,9,10). The lowest BCUT2D eigenvalue weighted by molar-refractivity contribution is 0.148. The zero-order valence-corrected chi connectivity index (χ0v) is 5.76. The summed E-state index contributed by atoms with van der Waals surface area (Å²) < 4.78 is 0. The maximum Gasteiger partial charge on any atom is 0.405 e. The van der Waals surface area contributed by atoms with Gasteiger partial charge in [0.05, 0.1) is 5.54 Å². The highest BCUT2D eigenvalue weighted by Gasteiger charge is 2.36. The summed E-state index contributed by atoms with van der Waals surface area (Å²) in [5.41, 5.74) is 5.11. The number of carboxylic acid groups (broad SMARTS) is 1. The van der Waals surface area contributed by atoms with E-state index in [2.05, 4.69) is 5.32 Å². The molecule has 0 aromatic heterocycles. The van der Waals surface area contributed by atoms with Gasteiger partial charge in [0, 0.05) is 6.54 Å². The van der Waals surface area contributed by atoms with Crippen LogP contribution in [0.15, 0.2) is 0 Å². The van der Waals surface area contributed by atoms with Crippen LogP contribution in [0.3, 0.4) is 0 Å². The van der Waals surface area contributed by atoms with Crippen LogP contribution < -0.4 is 11.1 Å². The van der Waals surface area contributed by atoms with Crippen molar-refractivity contribution in [2.75, 3.05) is 6.54 Å². The first-order valence-electron chi connectivity index (χ1n) is 3.40. The summed E-state index contributed by atoms with van der Waals surface area (Å²) in [4.78, 5) is 10.2. The highest BCUT2D eigenvalue weighted by Crippen LogP contribution is 2.30. The minimum Gasteiger partial charge on any atom is -0.465 e. The molecule has 1 saturated carbocycles. The number of rotatable bonds is 2. The van der Waals surface area contributed by atoms with Crippen LogP contribution in [0, 0.1) is 0 Å². The van der Waals surface area contributed by atoms with Crippen LogP contribution in [0.4, 0.5) is 4.79 Å². The lowest BCUT2D eigenvalue weighted by Gasteiger charge is -2.40. The van der Waals surface area contributed by atoms with E-state index in [1.807, 2.05) is 0 Å². The molecule has 0 aromatic rings. The highest BCUT2D eigenvalue weighted by molar-refractivity contribution is 5.65. The van der Waals surface area contributed by atoms with Gasteiger partial charge in [0.2, 0.25) is 0 Å². The molecule has 10 heavy (non-hydrogen) atoms. The molecule has 0 heterocycles. The van der Waals surface area contributed by atoms with E-state index in [1.54, 1.807) is 0 Å². The van der Waals surface area contributed by atoms with Crippen molar-refractivity contribution < 1.29 is 9.90 Å². The molecule has 0 saturated heterocycles. The van der Waals surface area contributed by atoms with Gasteiger partial charge in [0.15, 0.2) is 0 Å². The van der Waals surface area contributed by atoms with E-state index in [0.29, 0.717) is 6.54 Å². The van der Waals surface area contributed by atoms with Gasteiger partial charge in [-0.1, -0.05) is 0 Å². The molecule has 0 radical (unpaired) electrons. The molecule has 58 valence electrons. The molecular formula is C6H12N2O2. The minimum absolute atomic E-state index is 0.286. The lowest BCUT2D eigenvalue weighted by Crippen LogP contribution is -2.57. The van der Waals surface area contributed by atoms with Crippen LogP contribution in [0.2, 0.25) is 0 Å². The summed E-state index contributed by atoms with van der Waals surface area (Å²) in [7, 11) is 0. The quantitative estimate of drug-likeness (QED) is 0.515. The molecule has 0 bridgehead atoms. The molecule has 0 spiro atoms. The number of hydrogen-bond donors (Lipinski definition) is 3. The average Bonchev–Trinajstić information content (AvgIpc) is 1.78. The summed E-state index contributed by atoms with van der Waals surface area (Å²) in [6, 6.07) is 0. The Bertz CT molecular complexity index is 137. The van der Waals surface area contributed by atoms with Crippen molar-refractivity contribution in [3.05, 3.63) is 0 Å². The van der Waals surface area contributed by atoms with Gasteiger partial charge in [0.25, 0.3) is 0 Å². The summed E-state index contributed by atoms with van der Waals surface area (Å²) in [6.07, 6.45) is 1.88. The van der Waals surface area contributed by atoms with Crippen molar-refractivity contribution >= 4 is 6.09 Å². The van der Waals surface area contributed by atoms with Crippen molar-refractivity contribution in [3.8, 4) is 0 Å². The zero-order valence-electron chi connectivity index (χ0n) is 5.76. The molecule has 1 aliphatic carbocycles. The molecule has 1 amide bonds. The normalized spacial score (nSPS) is 21.3. The third-order valence-electron chi connectivity index (χ3n) is 2.07. The Labute approximate surface area is 59.4 Å². The molecule has 4 nitrogen and oxygen atoms in total. The molecule has 4 heteroatoms. The highest BCUT2D eigenvalue weighted by atomic mass is 16.4. The van der Waals surface area contributed by atoms with Crippen molar-refractivity contribution in [2.24, 2.45) is 5.73 Å². The maximum absolute atomic E-state index is 10.2. The molecule has 0 unspecified atom stereocenters. The predicted octanol–water partition coefficient (Wildman–Crippen LogP) is 0.135. The van der Waals surface area contributed by atoms with Crippen molar-refractivity contribution in [2.45, 2.75) is 24.8 Å². The van der Waals surface area contributed by atoms with E-state index < -0.39 is 6.09 Å². The Hall–Kier alpha value is -0.770. The lowest BCUT2D eigenvalue weighted by atomic mass is 9.77. The predicted molar refractivity (Wildman–Crippen MR) is 36.8 cm³/mol. The van der Waals surface area contributed by atoms with Crippen molar-refractivity contribution in [1.82, 2.24) is 5.32 Å². The Balaban J connectivity index is 2.40. The van der Waals surface area contributed by atoms with E-state index in [1.165, 1.54) is 0 Å². The van der Waals surface area contributed by atoms with Crippen LogP contribution in [0.5, 0.6) is 0 Å². The van der Waals surface area contributed by atoms with Gasteiger partial charge in [0.1, 0.15) is 0 Å². The topological polar surface area (TPSA) is 75.3 Å². The molecular weight excluding hydrogens is 132 g/mol. The first kappa shape index (κ1) is 7.34. The number of amides is 1. The molecule has 4 N–H and O–H groups in total. The van der Waals surface area contributed by atoms with E-state index >= 15 is 0 Å². The van der Waals surface area contributed by atoms with E-state index in [0.717, 1.165) is 19.3 Å². The van der Waals surface area contributed by atoms with Crippen LogP contribution in [0.25, 0.3) is 0 Å². The summed E-state index contributed by atoms with van der Waals surface area (Å²) in [5.74, 6) is 0. The molecule has 1 aliphatic rings. The van der Waals surface area contributed by atoms with Gasteiger partial charge >= 0.3 is 6.09 Å². The van der Waals surface area contributed by atoms with Gasteiger partial charge in [-0.3, -0.25) is 0 Å². The third-order valence-corrected chi connectivity index (χ3v) is 2.07. The van der Waals surface area contributed by atoms with Gasteiger partial charge in [-0.2, -0.15) is 0 Å². The Morgan fingerprint density at radius 3 is 2.40 bits per heavy atom. The fraction of sp³-hybridized carbons (Fsp3) is 0.833. The van der Waals surface area contributed by atoms with Gasteiger partial charge in [-0.05, 0) is 19.3 Å².